The summed E-state index contributed by atoms with van der Waals surface area (Å²) in [6.07, 6.45) is 0.691. The van der Waals surface area contributed by atoms with Gasteiger partial charge in [-0.25, -0.2) is 4.39 Å². The molecule has 196 valence electrons. The lowest BCUT2D eigenvalue weighted by molar-refractivity contribution is 0.0787. The van der Waals surface area contributed by atoms with Crippen LogP contribution >= 0.6 is 11.6 Å². The standard InChI is InChI=1S/C25H31ClFN9O/c1-14-8-22(34-33-14)30-21-10-23(36-12-15(2)28-11-16(36)3)32-25(31-21)29-18-6-7-35(13-18)24(37)19-5-4-17(26)9-20(19)27/h4-5,8-10,15-16,18,28H,6-7,11-13H2,1-3H3,(H3,29,30,31,32,33,34)/t15-,16+,18-/m0/s1. The van der Waals surface area contributed by atoms with E-state index in [0.29, 0.717) is 43.1 Å². The topological polar surface area (TPSA) is 114 Å². The van der Waals surface area contributed by atoms with E-state index in [-0.39, 0.29) is 28.6 Å². The number of hydrogen-bond acceptors (Lipinski definition) is 8. The molecule has 37 heavy (non-hydrogen) atoms. The number of carbonyl (C=O) groups excluding carboxylic acids is 1. The maximum absolute atomic E-state index is 14.3. The lowest BCUT2D eigenvalue weighted by Gasteiger charge is -2.38. The van der Waals surface area contributed by atoms with Gasteiger partial charge in [0.1, 0.15) is 17.5 Å². The number of H-pyrrole nitrogens is 1. The molecule has 10 nitrogen and oxygen atoms in total. The van der Waals surface area contributed by atoms with Crippen molar-refractivity contribution in [1.29, 1.82) is 0 Å². The maximum atomic E-state index is 14.3. The molecule has 1 amide bonds. The van der Waals surface area contributed by atoms with Gasteiger partial charge in [-0.15, -0.1) is 0 Å². The number of aryl methyl sites for hydroxylation is 1. The van der Waals surface area contributed by atoms with Crippen molar-refractivity contribution in [3.05, 3.63) is 52.4 Å². The summed E-state index contributed by atoms with van der Waals surface area (Å²) in [5.74, 6) is 1.58. The minimum absolute atomic E-state index is 0.0193. The summed E-state index contributed by atoms with van der Waals surface area (Å²) in [6.45, 7) is 8.84. The highest BCUT2D eigenvalue weighted by Crippen LogP contribution is 2.26. The number of benzene rings is 1. The summed E-state index contributed by atoms with van der Waals surface area (Å²) in [6, 6.07) is 8.46. The molecule has 4 heterocycles. The van der Waals surface area contributed by atoms with E-state index in [2.05, 4.69) is 49.9 Å². The Hall–Kier alpha value is -3.44. The predicted molar refractivity (Wildman–Crippen MR) is 142 cm³/mol. The number of piperazine rings is 1. The van der Waals surface area contributed by atoms with Crippen LogP contribution in [0.3, 0.4) is 0 Å². The van der Waals surface area contributed by atoms with Gasteiger partial charge in [0.25, 0.3) is 5.91 Å². The van der Waals surface area contributed by atoms with Crippen molar-refractivity contribution >= 4 is 40.9 Å². The average Bonchev–Trinajstić information content (AvgIpc) is 3.49. The van der Waals surface area contributed by atoms with Gasteiger partial charge in [-0.2, -0.15) is 15.1 Å². The second-order valence-electron chi connectivity index (χ2n) is 9.81. The molecule has 2 aliphatic rings. The zero-order chi connectivity index (χ0) is 26.1. The average molecular weight is 528 g/mol. The Bertz CT molecular complexity index is 1280. The number of rotatable bonds is 6. The Morgan fingerprint density at radius 3 is 2.76 bits per heavy atom. The zero-order valence-electron chi connectivity index (χ0n) is 21.1. The molecule has 12 heteroatoms. The van der Waals surface area contributed by atoms with E-state index < -0.39 is 5.82 Å². The summed E-state index contributed by atoms with van der Waals surface area (Å²) < 4.78 is 14.3. The number of halogens is 2. The minimum atomic E-state index is -0.617. The van der Waals surface area contributed by atoms with E-state index in [1.165, 1.54) is 12.1 Å². The number of nitrogens with zero attached hydrogens (tertiary/aromatic N) is 5. The molecule has 0 spiro atoms. The van der Waals surface area contributed by atoms with Crippen molar-refractivity contribution in [2.45, 2.75) is 45.3 Å². The van der Waals surface area contributed by atoms with E-state index in [1.54, 1.807) is 4.90 Å². The molecule has 0 aliphatic carbocycles. The molecule has 0 bridgehead atoms. The van der Waals surface area contributed by atoms with Crippen molar-refractivity contribution < 1.29 is 9.18 Å². The van der Waals surface area contributed by atoms with Gasteiger partial charge in [-0.05, 0) is 45.4 Å². The Labute approximate surface area is 220 Å². The highest BCUT2D eigenvalue weighted by Gasteiger charge is 2.30. The van der Waals surface area contributed by atoms with Crippen LogP contribution in [0.1, 0.15) is 36.3 Å². The number of amides is 1. The third-order valence-electron chi connectivity index (χ3n) is 6.70. The third kappa shape index (κ3) is 5.78. The normalized spacial score (nSPS) is 21.8. The smallest absolute Gasteiger partial charge is 0.256 e. The molecule has 2 fully saturated rings. The molecule has 3 aromatic rings. The first-order valence-corrected chi connectivity index (χ1v) is 12.8. The highest BCUT2D eigenvalue weighted by atomic mass is 35.5. The van der Waals surface area contributed by atoms with Crippen molar-refractivity contribution in [2.75, 3.05) is 41.7 Å². The van der Waals surface area contributed by atoms with Gasteiger partial charge in [0.15, 0.2) is 5.82 Å². The highest BCUT2D eigenvalue weighted by molar-refractivity contribution is 6.30. The summed E-state index contributed by atoms with van der Waals surface area (Å²) in [7, 11) is 0. The van der Waals surface area contributed by atoms with Crippen LogP contribution < -0.4 is 20.9 Å². The third-order valence-corrected chi connectivity index (χ3v) is 6.94. The van der Waals surface area contributed by atoms with Crippen LogP contribution in [0.4, 0.5) is 27.8 Å². The van der Waals surface area contributed by atoms with Gasteiger partial charge in [-0.1, -0.05) is 11.6 Å². The number of aromatic amines is 1. The molecule has 0 saturated carbocycles. The van der Waals surface area contributed by atoms with Gasteiger partial charge in [0, 0.05) is 67.2 Å². The van der Waals surface area contributed by atoms with Crippen molar-refractivity contribution in [1.82, 2.24) is 30.4 Å². The second kappa shape index (κ2) is 10.5. The Balaban J connectivity index is 1.35. The van der Waals surface area contributed by atoms with Gasteiger partial charge < -0.3 is 25.8 Å². The molecule has 2 aliphatic heterocycles. The molecular weight excluding hydrogens is 497 g/mol. The van der Waals surface area contributed by atoms with E-state index in [0.717, 1.165) is 30.7 Å². The van der Waals surface area contributed by atoms with Gasteiger partial charge in [0.05, 0.1) is 5.56 Å². The molecule has 2 saturated heterocycles. The van der Waals surface area contributed by atoms with Crippen molar-refractivity contribution in [3.63, 3.8) is 0 Å². The number of anilines is 4. The molecule has 5 rings (SSSR count). The molecular formula is C25H31ClFN9O. The summed E-state index contributed by atoms with van der Waals surface area (Å²) in [5.41, 5.74) is 0.957. The van der Waals surface area contributed by atoms with Gasteiger partial charge in [0.2, 0.25) is 5.95 Å². The van der Waals surface area contributed by atoms with E-state index in [9.17, 15) is 9.18 Å². The van der Waals surface area contributed by atoms with Crippen LogP contribution in [0.25, 0.3) is 0 Å². The fourth-order valence-corrected chi connectivity index (χ4v) is 4.90. The Morgan fingerprint density at radius 2 is 2.00 bits per heavy atom. The quantitative estimate of drug-likeness (QED) is 0.385. The number of hydrogen-bond donors (Lipinski definition) is 4. The molecule has 4 N–H and O–H groups in total. The number of aromatic nitrogens is 4. The molecule has 2 aromatic heterocycles. The van der Waals surface area contributed by atoms with E-state index in [4.69, 9.17) is 16.6 Å². The second-order valence-corrected chi connectivity index (χ2v) is 10.2. The fourth-order valence-electron chi connectivity index (χ4n) is 4.74. The minimum Gasteiger partial charge on any atom is -0.351 e. The number of nitrogens with one attached hydrogen (secondary N) is 4. The van der Waals surface area contributed by atoms with Crippen LogP contribution in [-0.2, 0) is 0 Å². The van der Waals surface area contributed by atoms with E-state index in [1.807, 2.05) is 19.1 Å². The lowest BCUT2D eigenvalue weighted by Crippen LogP contribution is -2.54. The van der Waals surface area contributed by atoms with Crippen LogP contribution in [-0.4, -0.2) is 75.3 Å². The lowest BCUT2D eigenvalue weighted by atomic mass is 10.1. The predicted octanol–water partition coefficient (Wildman–Crippen LogP) is 3.56. The monoisotopic (exact) mass is 527 g/mol. The Kier molecular flexibility index (Phi) is 7.16. The van der Waals surface area contributed by atoms with E-state index >= 15 is 0 Å². The van der Waals surface area contributed by atoms with Crippen molar-refractivity contribution in [2.24, 2.45) is 0 Å². The molecule has 0 unspecified atom stereocenters. The first kappa shape index (κ1) is 25.2. The van der Waals surface area contributed by atoms with Gasteiger partial charge in [-0.3, -0.25) is 9.89 Å². The summed E-state index contributed by atoms with van der Waals surface area (Å²) in [5, 5.41) is 17.6. The van der Waals surface area contributed by atoms with Crippen molar-refractivity contribution in [3.8, 4) is 0 Å². The molecule has 0 radical (unpaired) electrons. The SMILES string of the molecule is Cc1cc(Nc2cc(N3C[C@H](C)NC[C@H]3C)nc(N[C@H]3CCN(C(=O)c4ccc(Cl)cc4F)C3)n2)n[nH]1. The largest absolute Gasteiger partial charge is 0.351 e. The Morgan fingerprint density at radius 1 is 1.16 bits per heavy atom. The molecule has 1 aromatic carbocycles. The number of likely N-dealkylation sites (tertiary alicyclic amines) is 1. The first-order valence-electron chi connectivity index (χ1n) is 12.4. The zero-order valence-corrected chi connectivity index (χ0v) is 21.8. The summed E-state index contributed by atoms with van der Waals surface area (Å²) >= 11 is 5.84. The van der Waals surface area contributed by atoms with Crippen LogP contribution in [0.2, 0.25) is 5.02 Å². The van der Waals surface area contributed by atoms with Crippen LogP contribution in [0.5, 0.6) is 0 Å². The summed E-state index contributed by atoms with van der Waals surface area (Å²) in [4.78, 5) is 26.3. The van der Waals surface area contributed by atoms with Crippen LogP contribution in [0.15, 0.2) is 30.3 Å². The number of carbonyl (C=O) groups is 1. The molecule has 3 atom stereocenters. The van der Waals surface area contributed by atoms with Crippen LogP contribution in [0, 0.1) is 12.7 Å². The fraction of sp³-hybridized carbons (Fsp3) is 0.440. The first-order chi connectivity index (χ1) is 17.7. The maximum Gasteiger partial charge on any atom is 0.256 e. The van der Waals surface area contributed by atoms with Gasteiger partial charge >= 0.3 is 0 Å².